The van der Waals surface area contributed by atoms with E-state index in [9.17, 15) is 27.3 Å². The second kappa shape index (κ2) is 12.7. The van der Waals surface area contributed by atoms with Gasteiger partial charge in [-0.2, -0.15) is 13.2 Å². The number of aliphatic hydroxyl groups excluding tert-OH is 1. The molecule has 1 unspecified atom stereocenters. The molecule has 1 aromatic rings. The molecule has 0 saturated heterocycles. The highest BCUT2D eigenvalue weighted by atomic mass is 32.2. The first-order chi connectivity index (χ1) is 15.7. The van der Waals surface area contributed by atoms with E-state index in [-0.39, 0.29) is 12.2 Å². The van der Waals surface area contributed by atoms with E-state index in [1.807, 2.05) is 10.0 Å². The van der Waals surface area contributed by atoms with E-state index >= 15 is 0 Å². The number of halogens is 3. The fourth-order valence-electron chi connectivity index (χ4n) is 2.30. The topological polar surface area (TPSA) is 111 Å². The van der Waals surface area contributed by atoms with Gasteiger partial charge in [0.2, 0.25) is 0 Å². The van der Waals surface area contributed by atoms with Crippen LogP contribution in [0, 0.1) is 23.7 Å². The molecular weight excluding hydrogens is 473 g/mol. The van der Waals surface area contributed by atoms with Gasteiger partial charge in [0.05, 0.1) is 6.61 Å². The molecule has 7 nitrogen and oxygen atoms in total. The number of hydrogen-bond donors (Lipinski definition) is 3. The van der Waals surface area contributed by atoms with Gasteiger partial charge in [0, 0.05) is 22.5 Å². The van der Waals surface area contributed by atoms with Crippen LogP contribution in [0.3, 0.4) is 0 Å². The molecule has 0 radical (unpaired) electrons. The third kappa shape index (κ3) is 9.65. The van der Waals surface area contributed by atoms with E-state index in [1.54, 1.807) is 0 Å². The highest BCUT2D eigenvalue weighted by molar-refractivity contribution is 7.90. The Kier molecular flexibility index (Phi) is 10.9. The Balaban J connectivity index is 3.17. The minimum Gasteiger partial charge on any atom is -0.598 e. The Bertz CT molecular complexity index is 967. The van der Waals surface area contributed by atoms with Gasteiger partial charge >= 0.3 is 12.1 Å². The van der Waals surface area contributed by atoms with Crippen LogP contribution in [0.15, 0.2) is 24.3 Å². The smallest absolute Gasteiger partial charge is 0.410 e. The second-order valence-electron chi connectivity index (χ2n) is 7.99. The summed E-state index contributed by atoms with van der Waals surface area (Å²) in [6.07, 6.45) is -5.86. The van der Waals surface area contributed by atoms with Gasteiger partial charge in [-0.3, -0.25) is 4.79 Å². The molecule has 0 aliphatic rings. The van der Waals surface area contributed by atoms with Gasteiger partial charge in [0.15, 0.2) is 12.1 Å². The number of nitrogens with one attached hydrogen (secondary N) is 2. The van der Waals surface area contributed by atoms with Crippen molar-refractivity contribution in [2.75, 3.05) is 6.61 Å². The van der Waals surface area contributed by atoms with Crippen LogP contribution in [0.5, 0.6) is 0 Å². The van der Waals surface area contributed by atoms with Crippen molar-refractivity contribution in [3.63, 3.8) is 0 Å². The van der Waals surface area contributed by atoms with Crippen molar-refractivity contribution in [1.29, 1.82) is 0 Å². The third-order valence-corrected chi connectivity index (χ3v) is 5.58. The van der Waals surface area contributed by atoms with Crippen LogP contribution in [0.1, 0.15) is 50.5 Å². The SMILES string of the molecule is CCOC(=O)[C@@H](NC(=O)c1ccc(C#CC#C[C@H](C)O)cc1)[C@@H](N[S+]([O-])C(C)(C)C)C(F)(F)F. The quantitative estimate of drug-likeness (QED) is 0.300. The molecule has 0 aromatic heterocycles. The van der Waals surface area contributed by atoms with Crippen LogP contribution >= 0.6 is 0 Å². The van der Waals surface area contributed by atoms with E-state index < -0.39 is 52.3 Å². The normalized spacial score (nSPS) is 14.9. The van der Waals surface area contributed by atoms with Gasteiger partial charge in [-0.1, -0.05) is 11.8 Å². The lowest BCUT2D eigenvalue weighted by atomic mass is 10.1. The minimum absolute atomic E-state index is 0.0345. The van der Waals surface area contributed by atoms with E-state index in [2.05, 4.69) is 23.7 Å². The summed E-state index contributed by atoms with van der Waals surface area (Å²) in [5.74, 6) is 7.78. The lowest BCUT2D eigenvalue weighted by Crippen LogP contribution is -2.63. The molecule has 0 bridgehead atoms. The van der Waals surface area contributed by atoms with Crippen molar-refractivity contribution in [3.8, 4) is 23.7 Å². The first-order valence-corrected chi connectivity index (χ1v) is 11.3. The summed E-state index contributed by atoms with van der Waals surface area (Å²) in [6, 6.07) is 0.668. The van der Waals surface area contributed by atoms with Gasteiger partial charge in [-0.05, 0) is 70.7 Å². The molecule has 186 valence electrons. The number of carbonyl (C=O) groups excluding carboxylic acids is 2. The number of hydrogen-bond acceptors (Lipinski definition) is 6. The first kappa shape index (κ1) is 29.3. The molecule has 1 aromatic carbocycles. The maximum Gasteiger partial charge on any atom is 0.410 e. The maximum atomic E-state index is 13.8. The number of carbonyl (C=O) groups is 2. The summed E-state index contributed by atoms with van der Waals surface area (Å²) in [7, 11) is 0. The Labute approximate surface area is 200 Å². The van der Waals surface area contributed by atoms with Crippen LogP contribution < -0.4 is 10.0 Å². The van der Waals surface area contributed by atoms with Crippen LogP contribution in [0.25, 0.3) is 0 Å². The van der Waals surface area contributed by atoms with E-state index in [0.29, 0.717) is 5.56 Å². The summed E-state index contributed by atoms with van der Waals surface area (Å²) < 4.78 is 59.4. The zero-order valence-electron chi connectivity index (χ0n) is 19.4. The summed E-state index contributed by atoms with van der Waals surface area (Å²) in [6.45, 7) is 7.05. The lowest BCUT2D eigenvalue weighted by Gasteiger charge is -2.32. The number of ether oxygens (including phenoxy) is 1. The zero-order chi connectivity index (χ0) is 26.1. The van der Waals surface area contributed by atoms with Crippen molar-refractivity contribution in [2.24, 2.45) is 0 Å². The fraction of sp³-hybridized carbons (Fsp3) is 0.478. The Morgan fingerprint density at radius 2 is 1.76 bits per heavy atom. The molecule has 0 fully saturated rings. The molecule has 0 saturated carbocycles. The van der Waals surface area contributed by atoms with E-state index in [4.69, 9.17) is 9.84 Å². The number of esters is 1. The average Bonchev–Trinajstić information content (AvgIpc) is 2.72. The standard InChI is InChI=1S/C23H27F3N2O5S/c1-6-33-21(31)18(19(23(24,25)26)28-34(32)22(3,4)5)27-20(30)17-13-11-16(12-14-17)10-8-7-9-15(2)29/h11-15,18-19,28-29H,6H2,1-5H3,(H,27,30)/t15-,18-,19+,34?/m0/s1. The maximum absolute atomic E-state index is 13.8. The van der Waals surface area contributed by atoms with Crippen molar-refractivity contribution >= 4 is 23.2 Å². The highest BCUT2D eigenvalue weighted by Gasteiger charge is 2.52. The summed E-state index contributed by atoms with van der Waals surface area (Å²) >= 11 is -2.20. The Hall–Kier alpha value is -2.70. The summed E-state index contributed by atoms with van der Waals surface area (Å²) in [5.41, 5.74) is 0.432. The number of alkyl halides is 3. The molecule has 0 aliphatic heterocycles. The molecular formula is C23H27F3N2O5S. The first-order valence-electron chi connectivity index (χ1n) is 10.2. The van der Waals surface area contributed by atoms with Crippen molar-refractivity contribution in [1.82, 2.24) is 10.0 Å². The lowest BCUT2D eigenvalue weighted by molar-refractivity contribution is -0.172. The van der Waals surface area contributed by atoms with Crippen LogP contribution in [-0.2, 0) is 20.9 Å². The Morgan fingerprint density at radius 3 is 2.24 bits per heavy atom. The number of rotatable bonds is 7. The van der Waals surface area contributed by atoms with Crippen LogP contribution in [-0.4, -0.2) is 57.3 Å². The molecule has 11 heteroatoms. The van der Waals surface area contributed by atoms with Crippen molar-refractivity contribution in [3.05, 3.63) is 35.4 Å². The van der Waals surface area contributed by atoms with Crippen molar-refractivity contribution in [2.45, 2.75) is 63.7 Å². The largest absolute Gasteiger partial charge is 0.598 e. The van der Waals surface area contributed by atoms with Gasteiger partial charge in [0.25, 0.3) is 5.91 Å². The molecule has 34 heavy (non-hydrogen) atoms. The molecule has 1 rings (SSSR count). The van der Waals surface area contributed by atoms with Gasteiger partial charge in [-0.25, -0.2) is 4.79 Å². The van der Waals surface area contributed by atoms with E-state index in [0.717, 1.165) is 0 Å². The molecule has 3 N–H and O–H groups in total. The third-order valence-electron chi connectivity index (χ3n) is 4.00. The van der Waals surface area contributed by atoms with Gasteiger partial charge < -0.3 is 19.7 Å². The average molecular weight is 501 g/mol. The summed E-state index contributed by atoms with van der Waals surface area (Å²) in [5, 5.41) is 11.1. The van der Waals surface area contributed by atoms with Gasteiger partial charge in [-0.15, -0.1) is 4.72 Å². The van der Waals surface area contributed by atoms with Gasteiger partial charge in [0.1, 0.15) is 10.9 Å². The van der Waals surface area contributed by atoms with E-state index in [1.165, 1.54) is 58.9 Å². The fourth-order valence-corrected chi connectivity index (χ4v) is 3.15. The van der Waals surface area contributed by atoms with Crippen molar-refractivity contribution < 1.29 is 37.2 Å². The molecule has 0 heterocycles. The van der Waals surface area contributed by atoms with Crippen LogP contribution in [0.2, 0.25) is 0 Å². The number of benzene rings is 1. The zero-order valence-corrected chi connectivity index (χ0v) is 20.2. The minimum atomic E-state index is -5.03. The number of amides is 1. The number of aliphatic hydroxyl groups is 1. The van der Waals surface area contributed by atoms with Crippen LogP contribution in [0.4, 0.5) is 13.2 Å². The predicted molar refractivity (Wildman–Crippen MR) is 122 cm³/mol. The molecule has 4 atom stereocenters. The highest BCUT2D eigenvalue weighted by Crippen LogP contribution is 2.26. The monoisotopic (exact) mass is 500 g/mol. The Morgan fingerprint density at radius 1 is 1.18 bits per heavy atom. The molecule has 0 spiro atoms. The predicted octanol–water partition coefficient (Wildman–Crippen LogP) is 2.07. The molecule has 1 amide bonds. The summed E-state index contributed by atoms with van der Waals surface area (Å²) in [4.78, 5) is 25.0. The second-order valence-corrected chi connectivity index (χ2v) is 9.99. The molecule has 0 aliphatic carbocycles.